The van der Waals surface area contributed by atoms with Crippen LogP contribution in [0.2, 0.25) is 0 Å². The van der Waals surface area contributed by atoms with E-state index in [0.29, 0.717) is 6.04 Å². The minimum atomic E-state index is 0.0707. The first-order valence-electron chi connectivity index (χ1n) is 4.74. The van der Waals surface area contributed by atoms with E-state index >= 15 is 0 Å². The third kappa shape index (κ3) is 2.05. The summed E-state index contributed by atoms with van der Waals surface area (Å²) in [5.41, 5.74) is 0. The molecule has 3 nitrogen and oxygen atoms in total. The Morgan fingerprint density at radius 3 is 2.71 bits per heavy atom. The predicted octanol–water partition coefficient (Wildman–Crippen LogP) is 1.30. The van der Waals surface area contributed by atoms with Crippen molar-refractivity contribution in [3.8, 4) is 5.75 Å². The maximum Gasteiger partial charge on any atom is 0.260 e. The third-order valence-corrected chi connectivity index (χ3v) is 2.29. The number of amides is 1. The van der Waals surface area contributed by atoms with Crippen LogP contribution in [0.15, 0.2) is 30.3 Å². The highest BCUT2D eigenvalue weighted by molar-refractivity contribution is 5.80. The van der Waals surface area contributed by atoms with Gasteiger partial charge in [-0.3, -0.25) is 4.79 Å². The number of nitrogens with zero attached hydrogens (tertiary/aromatic N) is 1. The number of carbonyl (C=O) groups excluding carboxylic acids is 1. The Balaban J connectivity index is 1.80. The normalized spacial score (nSPS) is 19.2. The standard InChI is InChI=1S/C11H13NO2/c1-9-7-12(9)11(13)8-14-10-5-3-2-4-6-10/h2-6,9H,7-8H2,1H3/t9-,12?/m1/s1. The minimum absolute atomic E-state index is 0.0707. The first-order chi connectivity index (χ1) is 6.77. The molecule has 3 heteroatoms. The van der Waals surface area contributed by atoms with E-state index < -0.39 is 0 Å². The Kier molecular flexibility index (Phi) is 2.39. The van der Waals surface area contributed by atoms with Gasteiger partial charge < -0.3 is 9.64 Å². The summed E-state index contributed by atoms with van der Waals surface area (Å²) in [6, 6.07) is 9.79. The first-order valence-corrected chi connectivity index (χ1v) is 4.74. The van der Waals surface area contributed by atoms with Crippen LogP contribution in [-0.4, -0.2) is 30.0 Å². The highest BCUT2D eigenvalue weighted by atomic mass is 16.5. The summed E-state index contributed by atoms with van der Waals surface area (Å²) in [5, 5.41) is 0. The summed E-state index contributed by atoms with van der Waals surface area (Å²) in [5.74, 6) is 0.816. The number of hydrogen-bond acceptors (Lipinski definition) is 2. The molecule has 1 aromatic carbocycles. The van der Waals surface area contributed by atoms with Crippen LogP contribution in [0.3, 0.4) is 0 Å². The van der Waals surface area contributed by atoms with E-state index in [-0.39, 0.29) is 12.5 Å². The molecule has 1 atom stereocenters. The lowest BCUT2D eigenvalue weighted by Gasteiger charge is -2.05. The molecule has 0 spiro atoms. The molecule has 1 aliphatic rings. The largest absolute Gasteiger partial charge is 0.484 e. The summed E-state index contributed by atoms with van der Waals surface area (Å²) in [6.07, 6.45) is 0. The minimum Gasteiger partial charge on any atom is -0.484 e. The molecule has 0 radical (unpaired) electrons. The number of carbonyl (C=O) groups is 1. The van der Waals surface area contributed by atoms with Gasteiger partial charge in [-0.15, -0.1) is 0 Å². The number of hydrogen-bond donors (Lipinski definition) is 0. The van der Waals surface area contributed by atoms with Crippen LogP contribution in [0, 0.1) is 0 Å². The van der Waals surface area contributed by atoms with Gasteiger partial charge in [-0.1, -0.05) is 18.2 Å². The van der Waals surface area contributed by atoms with Crippen molar-refractivity contribution in [3.05, 3.63) is 30.3 Å². The van der Waals surface area contributed by atoms with Crippen molar-refractivity contribution in [2.75, 3.05) is 13.2 Å². The van der Waals surface area contributed by atoms with Gasteiger partial charge in [0.15, 0.2) is 6.61 Å². The Hall–Kier alpha value is -1.51. The second-order valence-electron chi connectivity index (χ2n) is 3.50. The zero-order valence-electron chi connectivity index (χ0n) is 8.14. The van der Waals surface area contributed by atoms with Gasteiger partial charge in [-0.2, -0.15) is 0 Å². The molecule has 1 fully saturated rings. The zero-order valence-corrected chi connectivity index (χ0v) is 8.14. The molecule has 1 amide bonds. The highest BCUT2D eigenvalue weighted by Crippen LogP contribution is 2.16. The fraction of sp³-hybridized carbons (Fsp3) is 0.364. The Bertz CT molecular complexity index is 323. The summed E-state index contributed by atoms with van der Waals surface area (Å²) in [7, 11) is 0. The van der Waals surface area contributed by atoms with Crippen LogP contribution < -0.4 is 4.74 Å². The molecule has 0 N–H and O–H groups in total. The van der Waals surface area contributed by atoms with Crippen LogP contribution in [-0.2, 0) is 4.79 Å². The van der Waals surface area contributed by atoms with Crippen LogP contribution in [0.25, 0.3) is 0 Å². The molecule has 1 aliphatic heterocycles. The van der Waals surface area contributed by atoms with Crippen molar-refractivity contribution in [2.24, 2.45) is 0 Å². The van der Waals surface area contributed by atoms with Gasteiger partial charge in [0.05, 0.1) is 0 Å². The second-order valence-corrected chi connectivity index (χ2v) is 3.50. The number of rotatable bonds is 3. The van der Waals surface area contributed by atoms with E-state index in [4.69, 9.17) is 4.74 Å². The van der Waals surface area contributed by atoms with Crippen molar-refractivity contribution in [3.63, 3.8) is 0 Å². The summed E-state index contributed by atoms with van der Waals surface area (Å²) < 4.78 is 5.33. The molecule has 1 aromatic rings. The maximum absolute atomic E-state index is 11.4. The van der Waals surface area contributed by atoms with Gasteiger partial charge in [-0.25, -0.2) is 0 Å². The van der Waals surface area contributed by atoms with Gasteiger partial charge >= 0.3 is 0 Å². The molecule has 74 valence electrons. The molecule has 1 heterocycles. The Labute approximate surface area is 83.3 Å². The molecule has 14 heavy (non-hydrogen) atoms. The average Bonchev–Trinajstić information content (AvgIpc) is 2.94. The number of para-hydroxylation sites is 1. The monoisotopic (exact) mass is 191 g/mol. The average molecular weight is 191 g/mol. The van der Waals surface area contributed by atoms with Gasteiger partial charge in [0, 0.05) is 12.6 Å². The molecule has 0 saturated carbocycles. The molecule has 0 unspecified atom stereocenters. The second kappa shape index (κ2) is 3.70. The molecular formula is C11H13NO2. The number of ether oxygens (including phenoxy) is 1. The fourth-order valence-corrected chi connectivity index (χ4v) is 1.33. The quantitative estimate of drug-likeness (QED) is 0.674. The number of benzene rings is 1. The predicted molar refractivity (Wildman–Crippen MR) is 53.1 cm³/mol. The maximum atomic E-state index is 11.4. The summed E-state index contributed by atoms with van der Waals surface area (Å²) >= 11 is 0. The molecular weight excluding hydrogens is 178 g/mol. The lowest BCUT2D eigenvalue weighted by molar-refractivity contribution is -0.128. The molecule has 1 saturated heterocycles. The van der Waals surface area contributed by atoms with Crippen LogP contribution in [0.5, 0.6) is 5.75 Å². The zero-order chi connectivity index (χ0) is 9.97. The smallest absolute Gasteiger partial charge is 0.260 e. The van der Waals surface area contributed by atoms with Crippen molar-refractivity contribution in [1.29, 1.82) is 0 Å². The van der Waals surface area contributed by atoms with E-state index in [1.165, 1.54) is 0 Å². The molecule has 0 bridgehead atoms. The Morgan fingerprint density at radius 2 is 2.14 bits per heavy atom. The molecule has 0 aromatic heterocycles. The fourth-order valence-electron chi connectivity index (χ4n) is 1.33. The van der Waals surface area contributed by atoms with Crippen molar-refractivity contribution in [1.82, 2.24) is 4.90 Å². The lowest BCUT2D eigenvalue weighted by atomic mass is 10.3. The van der Waals surface area contributed by atoms with E-state index in [9.17, 15) is 4.79 Å². The van der Waals surface area contributed by atoms with E-state index in [1.54, 1.807) is 4.90 Å². The lowest BCUT2D eigenvalue weighted by Crippen LogP contribution is -2.20. The van der Waals surface area contributed by atoms with E-state index in [1.807, 2.05) is 37.3 Å². The third-order valence-electron chi connectivity index (χ3n) is 2.29. The topological polar surface area (TPSA) is 29.3 Å². The summed E-state index contributed by atoms with van der Waals surface area (Å²) in [4.78, 5) is 13.2. The van der Waals surface area contributed by atoms with Gasteiger partial charge in [0.1, 0.15) is 5.75 Å². The van der Waals surface area contributed by atoms with Crippen molar-refractivity contribution < 1.29 is 9.53 Å². The van der Waals surface area contributed by atoms with E-state index in [2.05, 4.69) is 0 Å². The SMILES string of the molecule is C[C@@H]1CN1C(=O)COc1ccccc1. The Morgan fingerprint density at radius 1 is 1.50 bits per heavy atom. The highest BCUT2D eigenvalue weighted by Gasteiger charge is 2.33. The van der Waals surface area contributed by atoms with Crippen LogP contribution >= 0.6 is 0 Å². The first kappa shape index (κ1) is 9.06. The summed E-state index contributed by atoms with van der Waals surface area (Å²) in [6.45, 7) is 3.05. The molecule has 2 rings (SSSR count). The van der Waals surface area contributed by atoms with Crippen molar-refractivity contribution in [2.45, 2.75) is 13.0 Å². The van der Waals surface area contributed by atoms with Gasteiger partial charge in [-0.05, 0) is 19.1 Å². The van der Waals surface area contributed by atoms with Crippen molar-refractivity contribution >= 4 is 5.91 Å². The van der Waals surface area contributed by atoms with Crippen LogP contribution in [0.1, 0.15) is 6.92 Å². The van der Waals surface area contributed by atoms with Crippen LogP contribution in [0.4, 0.5) is 0 Å². The van der Waals surface area contributed by atoms with Gasteiger partial charge in [0.2, 0.25) is 0 Å². The van der Waals surface area contributed by atoms with E-state index in [0.717, 1.165) is 12.3 Å². The van der Waals surface area contributed by atoms with Gasteiger partial charge in [0.25, 0.3) is 5.91 Å². The molecule has 0 aliphatic carbocycles.